The molecule has 0 unspecified atom stereocenters. The minimum atomic E-state index is -0.505. The summed E-state index contributed by atoms with van der Waals surface area (Å²) < 4.78 is 12.4. The number of nitrogens with one attached hydrogen (secondary N) is 1. The van der Waals surface area contributed by atoms with E-state index < -0.39 is 10.8 Å². The Labute approximate surface area is 170 Å². The highest BCUT2D eigenvalue weighted by molar-refractivity contribution is 5.56. The second-order valence-corrected chi connectivity index (χ2v) is 6.72. The van der Waals surface area contributed by atoms with Gasteiger partial charge < -0.3 is 15.2 Å². The van der Waals surface area contributed by atoms with E-state index in [1.165, 1.54) is 24.2 Å². The van der Waals surface area contributed by atoms with E-state index in [0.717, 1.165) is 22.4 Å². The van der Waals surface area contributed by atoms with E-state index in [4.69, 9.17) is 15.2 Å². The molecule has 152 valence electrons. The van der Waals surface area contributed by atoms with Crippen molar-refractivity contribution in [2.24, 2.45) is 5.73 Å². The molecule has 2 aromatic heterocycles. The Morgan fingerprint density at radius 1 is 1.50 bits per heavy atom. The van der Waals surface area contributed by atoms with Crippen LogP contribution in [0.1, 0.15) is 28.3 Å². The van der Waals surface area contributed by atoms with Crippen LogP contribution in [0.3, 0.4) is 0 Å². The number of aromatic amines is 1. The van der Waals surface area contributed by atoms with Crippen molar-refractivity contribution in [3.63, 3.8) is 0 Å². The summed E-state index contributed by atoms with van der Waals surface area (Å²) >= 11 is 0. The Kier molecular flexibility index (Phi) is 4.59. The fraction of sp³-hybridized carbons (Fsp3) is 0.211. The van der Waals surface area contributed by atoms with Crippen LogP contribution in [0.2, 0.25) is 0 Å². The second kappa shape index (κ2) is 7.25. The predicted octanol–water partition coefficient (Wildman–Crippen LogP) is 2.10. The zero-order valence-corrected chi connectivity index (χ0v) is 16.1. The second-order valence-electron chi connectivity index (χ2n) is 6.72. The third-order valence-corrected chi connectivity index (χ3v) is 4.93. The average Bonchev–Trinajstić information content (AvgIpc) is 3.34. The number of aromatic nitrogens is 4. The van der Waals surface area contributed by atoms with E-state index in [-0.39, 0.29) is 23.7 Å². The topological polar surface area (TPSA) is 158 Å². The van der Waals surface area contributed by atoms with Crippen molar-refractivity contribution in [1.82, 2.24) is 20.0 Å². The molecule has 1 aliphatic rings. The molecule has 0 spiro atoms. The van der Waals surface area contributed by atoms with Gasteiger partial charge in [-0.25, -0.2) is 0 Å². The van der Waals surface area contributed by atoms with Crippen molar-refractivity contribution < 1.29 is 14.4 Å². The molecular weight excluding hydrogens is 390 g/mol. The number of ether oxygens (including phenoxy) is 2. The van der Waals surface area contributed by atoms with Gasteiger partial charge in [-0.15, -0.1) is 5.10 Å². The number of nitrogens with two attached hydrogens (primary N) is 1. The Morgan fingerprint density at radius 2 is 2.30 bits per heavy atom. The first-order chi connectivity index (χ1) is 14.4. The number of rotatable bonds is 5. The van der Waals surface area contributed by atoms with E-state index in [1.807, 2.05) is 19.1 Å². The summed E-state index contributed by atoms with van der Waals surface area (Å²) in [5.74, 6) is 0.438. The first-order valence-corrected chi connectivity index (χ1v) is 8.89. The van der Waals surface area contributed by atoms with Crippen molar-refractivity contribution in [3.8, 4) is 17.7 Å². The molecule has 1 aromatic carbocycles. The summed E-state index contributed by atoms with van der Waals surface area (Å²) in [6.45, 7) is 2.08. The molecule has 0 saturated heterocycles. The van der Waals surface area contributed by atoms with Crippen molar-refractivity contribution in [1.29, 1.82) is 5.26 Å². The van der Waals surface area contributed by atoms with E-state index in [1.54, 1.807) is 6.07 Å². The maximum Gasteiger partial charge on any atom is 0.307 e. The molecule has 0 fully saturated rings. The minimum absolute atomic E-state index is 0.00145. The van der Waals surface area contributed by atoms with Crippen LogP contribution in [0.5, 0.6) is 11.6 Å². The SMILES string of the molecule is COc1ccc([C@H]2C(C#N)=C(N)Oc3n[nH]c(C)c32)cc1Cn1cc([N+](=O)[O-])cn1. The largest absolute Gasteiger partial charge is 0.496 e. The summed E-state index contributed by atoms with van der Waals surface area (Å²) in [5.41, 5.74) is 9.14. The number of benzene rings is 1. The van der Waals surface area contributed by atoms with Crippen LogP contribution in [0.25, 0.3) is 0 Å². The van der Waals surface area contributed by atoms with Gasteiger partial charge in [0.25, 0.3) is 0 Å². The fourth-order valence-electron chi connectivity index (χ4n) is 3.54. The van der Waals surface area contributed by atoms with Crippen LogP contribution in [-0.4, -0.2) is 32.0 Å². The zero-order chi connectivity index (χ0) is 21.4. The Morgan fingerprint density at radius 3 is 2.97 bits per heavy atom. The highest BCUT2D eigenvalue weighted by Crippen LogP contribution is 2.43. The third-order valence-electron chi connectivity index (χ3n) is 4.93. The Bertz CT molecular complexity index is 1220. The number of fused-ring (bicyclic) bond motifs is 1. The van der Waals surface area contributed by atoms with Crippen LogP contribution in [0, 0.1) is 28.4 Å². The monoisotopic (exact) mass is 407 g/mol. The molecule has 3 aromatic rings. The lowest BCUT2D eigenvalue weighted by Gasteiger charge is -2.24. The van der Waals surface area contributed by atoms with Gasteiger partial charge in [0.1, 0.15) is 29.8 Å². The van der Waals surface area contributed by atoms with Crippen LogP contribution in [-0.2, 0) is 6.54 Å². The minimum Gasteiger partial charge on any atom is -0.496 e. The standard InChI is InChI=1S/C19H17N7O4/c1-10-16-17(14(6-20)18(21)30-19(16)24-23-10)11-3-4-15(29-2)12(5-11)8-25-9-13(7-22-25)26(27)28/h3-5,7,9,17H,8,21H2,1-2H3,(H,23,24)/t17-/m0/s1. The van der Waals surface area contributed by atoms with Gasteiger partial charge in [0.15, 0.2) is 0 Å². The summed E-state index contributed by atoms with van der Waals surface area (Å²) in [7, 11) is 1.54. The molecule has 0 radical (unpaired) electrons. The number of aryl methyl sites for hydroxylation is 1. The smallest absolute Gasteiger partial charge is 0.307 e. The zero-order valence-electron chi connectivity index (χ0n) is 16.1. The number of H-pyrrole nitrogens is 1. The van der Waals surface area contributed by atoms with E-state index in [2.05, 4.69) is 21.4 Å². The summed E-state index contributed by atoms with van der Waals surface area (Å²) in [4.78, 5) is 10.4. The van der Waals surface area contributed by atoms with Gasteiger partial charge in [-0.3, -0.25) is 19.9 Å². The Balaban J connectivity index is 1.80. The van der Waals surface area contributed by atoms with Gasteiger partial charge in [0.05, 0.1) is 24.5 Å². The van der Waals surface area contributed by atoms with Crippen molar-refractivity contribution in [2.45, 2.75) is 19.4 Å². The summed E-state index contributed by atoms with van der Waals surface area (Å²) in [6.07, 6.45) is 2.53. The number of methoxy groups -OCH3 is 1. The lowest BCUT2D eigenvalue weighted by molar-refractivity contribution is -0.385. The molecule has 11 nitrogen and oxygen atoms in total. The van der Waals surface area contributed by atoms with Gasteiger partial charge in [0, 0.05) is 16.8 Å². The molecule has 0 saturated carbocycles. The lowest BCUT2D eigenvalue weighted by atomic mass is 9.83. The molecule has 4 rings (SSSR count). The van der Waals surface area contributed by atoms with Crippen LogP contribution in [0.4, 0.5) is 5.69 Å². The molecule has 30 heavy (non-hydrogen) atoms. The molecule has 0 aliphatic carbocycles. The number of hydrogen-bond donors (Lipinski definition) is 2. The van der Waals surface area contributed by atoms with E-state index in [9.17, 15) is 15.4 Å². The van der Waals surface area contributed by atoms with Crippen LogP contribution >= 0.6 is 0 Å². The van der Waals surface area contributed by atoms with Gasteiger partial charge in [0.2, 0.25) is 11.8 Å². The highest BCUT2D eigenvalue weighted by Gasteiger charge is 2.34. The molecule has 1 aliphatic heterocycles. The quantitative estimate of drug-likeness (QED) is 0.480. The predicted molar refractivity (Wildman–Crippen MR) is 104 cm³/mol. The normalized spacial score (nSPS) is 15.3. The third kappa shape index (κ3) is 3.10. The molecule has 3 N–H and O–H groups in total. The first-order valence-electron chi connectivity index (χ1n) is 8.89. The van der Waals surface area contributed by atoms with Gasteiger partial charge in [-0.2, -0.15) is 10.4 Å². The molecule has 3 heterocycles. The van der Waals surface area contributed by atoms with Crippen LogP contribution < -0.4 is 15.2 Å². The maximum absolute atomic E-state index is 10.9. The molecular formula is C19H17N7O4. The fourth-order valence-corrected chi connectivity index (χ4v) is 3.54. The van der Waals surface area contributed by atoms with Crippen molar-refractivity contribution >= 4 is 5.69 Å². The lowest BCUT2D eigenvalue weighted by Crippen LogP contribution is -2.21. The van der Waals surface area contributed by atoms with E-state index >= 15 is 0 Å². The summed E-state index contributed by atoms with van der Waals surface area (Å²) in [6, 6.07) is 7.62. The van der Waals surface area contributed by atoms with Crippen molar-refractivity contribution in [3.05, 3.63) is 74.5 Å². The number of nitro groups is 1. The number of nitriles is 1. The van der Waals surface area contributed by atoms with Crippen LogP contribution in [0.15, 0.2) is 42.0 Å². The Hall–Kier alpha value is -4.33. The first kappa shape index (κ1) is 19.0. The van der Waals surface area contributed by atoms with Crippen molar-refractivity contribution in [2.75, 3.05) is 7.11 Å². The molecule has 0 amide bonds. The number of nitrogens with zero attached hydrogens (tertiary/aromatic N) is 5. The van der Waals surface area contributed by atoms with Gasteiger partial charge in [-0.1, -0.05) is 6.07 Å². The molecule has 0 bridgehead atoms. The van der Waals surface area contributed by atoms with Gasteiger partial charge >= 0.3 is 5.69 Å². The molecule has 11 heteroatoms. The molecule has 1 atom stereocenters. The average molecular weight is 407 g/mol. The van der Waals surface area contributed by atoms with Gasteiger partial charge in [-0.05, 0) is 24.6 Å². The maximum atomic E-state index is 10.9. The number of hydrogen-bond acceptors (Lipinski definition) is 8. The highest BCUT2D eigenvalue weighted by atomic mass is 16.6. The number of allylic oxidation sites excluding steroid dienone is 1. The van der Waals surface area contributed by atoms with E-state index in [0.29, 0.717) is 11.6 Å². The summed E-state index contributed by atoms with van der Waals surface area (Å²) in [5, 5.41) is 31.7.